The van der Waals surface area contributed by atoms with E-state index < -0.39 is 0 Å². The van der Waals surface area contributed by atoms with E-state index in [1.165, 1.54) is 0 Å². The van der Waals surface area contributed by atoms with Crippen LogP contribution in [0.4, 0.5) is 0 Å². The molecule has 1 aliphatic rings. The highest BCUT2D eigenvalue weighted by molar-refractivity contribution is 5.38. The molecule has 13 heavy (non-hydrogen) atoms. The maximum atomic E-state index is 9.10. The molecule has 0 amide bonds. The lowest BCUT2D eigenvalue weighted by atomic mass is 9.65. The SMILES string of the molecule is N#CC1(c2ccc(O)cc2)CCC1. The monoisotopic (exact) mass is 173 g/mol. The van der Waals surface area contributed by atoms with Gasteiger partial charge in [-0.25, -0.2) is 0 Å². The van der Waals surface area contributed by atoms with E-state index >= 15 is 0 Å². The van der Waals surface area contributed by atoms with Gasteiger partial charge in [0.25, 0.3) is 0 Å². The van der Waals surface area contributed by atoms with Crippen molar-refractivity contribution >= 4 is 0 Å². The smallest absolute Gasteiger partial charge is 0.115 e. The lowest BCUT2D eigenvalue weighted by Gasteiger charge is -2.35. The molecule has 1 aromatic carbocycles. The number of aromatic hydroxyl groups is 1. The van der Waals surface area contributed by atoms with Crippen LogP contribution in [0.15, 0.2) is 24.3 Å². The maximum Gasteiger partial charge on any atom is 0.115 e. The van der Waals surface area contributed by atoms with E-state index in [2.05, 4.69) is 6.07 Å². The van der Waals surface area contributed by atoms with Gasteiger partial charge < -0.3 is 5.11 Å². The first kappa shape index (κ1) is 8.12. The van der Waals surface area contributed by atoms with Gasteiger partial charge in [-0.05, 0) is 37.0 Å². The van der Waals surface area contributed by atoms with Gasteiger partial charge in [0.05, 0.1) is 11.5 Å². The molecule has 0 aliphatic heterocycles. The van der Waals surface area contributed by atoms with Crippen molar-refractivity contribution in [1.82, 2.24) is 0 Å². The molecule has 2 heteroatoms. The molecule has 66 valence electrons. The number of hydrogen-bond acceptors (Lipinski definition) is 2. The number of nitrogens with zero attached hydrogens (tertiary/aromatic N) is 1. The minimum atomic E-state index is -0.256. The topological polar surface area (TPSA) is 44.0 Å². The molecule has 0 aromatic heterocycles. The minimum absolute atomic E-state index is 0.256. The number of hydrogen-bond donors (Lipinski definition) is 1. The molecule has 0 heterocycles. The molecule has 0 spiro atoms. The van der Waals surface area contributed by atoms with Gasteiger partial charge in [0.1, 0.15) is 5.75 Å². The van der Waals surface area contributed by atoms with Gasteiger partial charge >= 0.3 is 0 Å². The van der Waals surface area contributed by atoms with Gasteiger partial charge in [-0.3, -0.25) is 0 Å². The van der Waals surface area contributed by atoms with Crippen LogP contribution in [0.3, 0.4) is 0 Å². The summed E-state index contributed by atoms with van der Waals surface area (Å²) in [6, 6.07) is 9.35. The Labute approximate surface area is 77.4 Å². The molecule has 0 radical (unpaired) electrons. The highest BCUT2D eigenvalue weighted by Crippen LogP contribution is 2.43. The van der Waals surface area contributed by atoms with Crippen LogP contribution in [0.5, 0.6) is 5.75 Å². The number of benzene rings is 1. The average Bonchev–Trinajstić information content (AvgIpc) is 2.07. The van der Waals surface area contributed by atoms with Crippen molar-refractivity contribution in [2.24, 2.45) is 0 Å². The summed E-state index contributed by atoms with van der Waals surface area (Å²) in [6.45, 7) is 0. The highest BCUT2D eigenvalue weighted by atomic mass is 16.3. The fourth-order valence-electron chi connectivity index (χ4n) is 1.78. The predicted molar refractivity (Wildman–Crippen MR) is 49.2 cm³/mol. The molecule has 2 nitrogen and oxygen atoms in total. The van der Waals surface area contributed by atoms with Gasteiger partial charge in [-0.15, -0.1) is 0 Å². The molecule has 1 saturated carbocycles. The van der Waals surface area contributed by atoms with Gasteiger partial charge in [-0.2, -0.15) is 5.26 Å². The average molecular weight is 173 g/mol. The lowest BCUT2D eigenvalue weighted by molar-refractivity contribution is 0.323. The van der Waals surface area contributed by atoms with Gasteiger partial charge in [-0.1, -0.05) is 12.1 Å². The molecule has 1 fully saturated rings. The fourth-order valence-corrected chi connectivity index (χ4v) is 1.78. The zero-order chi connectivity index (χ0) is 9.31. The predicted octanol–water partition coefficient (Wildman–Crippen LogP) is 2.34. The maximum absolute atomic E-state index is 9.10. The number of phenolic OH excluding ortho intramolecular Hbond substituents is 1. The molecule has 0 atom stereocenters. The molecule has 0 saturated heterocycles. The van der Waals surface area contributed by atoms with Gasteiger partial charge in [0.15, 0.2) is 0 Å². The van der Waals surface area contributed by atoms with E-state index in [-0.39, 0.29) is 11.2 Å². The highest BCUT2D eigenvalue weighted by Gasteiger charge is 2.38. The Morgan fingerprint density at radius 3 is 2.23 bits per heavy atom. The normalized spacial score (nSPS) is 18.7. The molecule has 2 rings (SSSR count). The van der Waals surface area contributed by atoms with E-state index in [0.717, 1.165) is 24.8 Å². The summed E-state index contributed by atoms with van der Waals surface area (Å²) in [5, 5.41) is 18.1. The van der Waals surface area contributed by atoms with E-state index in [1.807, 2.05) is 12.1 Å². The summed E-state index contributed by atoms with van der Waals surface area (Å²) in [4.78, 5) is 0. The summed E-state index contributed by atoms with van der Waals surface area (Å²) in [7, 11) is 0. The first-order chi connectivity index (χ1) is 6.27. The second-order valence-corrected chi connectivity index (χ2v) is 3.59. The van der Waals surface area contributed by atoms with Crippen LogP contribution < -0.4 is 0 Å². The molecule has 0 bridgehead atoms. The zero-order valence-electron chi connectivity index (χ0n) is 7.33. The third kappa shape index (κ3) is 1.17. The van der Waals surface area contributed by atoms with Crippen molar-refractivity contribution in [2.45, 2.75) is 24.7 Å². The molecule has 1 aliphatic carbocycles. The van der Waals surface area contributed by atoms with E-state index in [1.54, 1.807) is 12.1 Å². The van der Waals surface area contributed by atoms with Crippen molar-refractivity contribution in [1.29, 1.82) is 5.26 Å². The first-order valence-electron chi connectivity index (χ1n) is 4.48. The van der Waals surface area contributed by atoms with E-state index in [9.17, 15) is 0 Å². The number of rotatable bonds is 1. The minimum Gasteiger partial charge on any atom is -0.508 e. The Hall–Kier alpha value is -1.49. The third-order valence-electron chi connectivity index (χ3n) is 2.84. The van der Waals surface area contributed by atoms with Crippen LogP contribution in [-0.4, -0.2) is 5.11 Å². The van der Waals surface area contributed by atoms with Crippen molar-refractivity contribution in [3.63, 3.8) is 0 Å². The molecule has 0 unspecified atom stereocenters. The zero-order valence-corrected chi connectivity index (χ0v) is 7.33. The van der Waals surface area contributed by atoms with Crippen molar-refractivity contribution in [3.05, 3.63) is 29.8 Å². The second kappa shape index (κ2) is 2.77. The fraction of sp³-hybridized carbons (Fsp3) is 0.364. The molecular formula is C11H11NO. The summed E-state index contributed by atoms with van der Waals surface area (Å²) >= 11 is 0. The molecular weight excluding hydrogens is 162 g/mol. The number of phenols is 1. The van der Waals surface area contributed by atoms with Crippen molar-refractivity contribution in [3.8, 4) is 11.8 Å². The Morgan fingerprint density at radius 1 is 1.23 bits per heavy atom. The van der Waals surface area contributed by atoms with Crippen LogP contribution in [0.1, 0.15) is 24.8 Å². The van der Waals surface area contributed by atoms with Crippen LogP contribution in [0, 0.1) is 11.3 Å². The van der Waals surface area contributed by atoms with Crippen LogP contribution in [0.25, 0.3) is 0 Å². The number of nitriles is 1. The Bertz CT molecular complexity index is 343. The van der Waals surface area contributed by atoms with Crippen LogP contribution in [-0.2, 0) is 5.41 Å². The van der Waals surface area contributed by atoms with Crippen molar-refractivity contribution in [2.75, 3.05) is 0 Å². The summed E-state index contributed by atoms with van der Waals surface area (Å²) in [5.41, 5.74) is 0.785. The second-order valence-electron chi connectivity index (χ2n) is 3.59. The summed E-state index contributed by atoms with van der Waals surface area (Å²) < 4.78 is 0. The van der Waals surface area contributed by atoms with Gasteiger partial charge in [0.2, 0.25) is 0 Å². The summed E-state index contributed by atoms with van der Waals surface area (Å²) in [6.07, 6.45) is 3.04. The van der Waals surface area contributed by atoms with Gasteiger partial charge in [0, 0.05) is 0 Å². The standard InChI is InChI=1S/C11H11NO/c12-8-11(6-1-7-11)9-2-4-10(13)5-3-9/h2-5,13H,1,6-7H2. The van der Waals surface area contributed by atoms with E-state index in [4.69, 9.17) is 10.4 Å². The molecule has 1 aromatic rings. The Balaban J connectivity index is 2.35. The largest absolute Gasteiger partial charge is 0.508 e. The lowest BCUT2D eigenvalue weighted by Crippen LogP contribution is -2.32. The first-order valence-corrected chi connectivity index (χ1v) is 4.48. The van der Waals surface area contributed by atoms with E-state index in [0.29, 0.717) is 0 Å². The summed E-state index contributed by atoms with van der Waals surface area (Å²) in [5.74, 6) is 0.260. The molecule has 1 N–H and O–H groups in total. The Kier molecular flexibility index (Phi) is 1.73. The van der Waals surface area contributed by atoms with Crippen LogP contribution >= 0.6 is 0 Å². The van der Waals surface area contributed by atoms with Crippen molar-refractivity contribution < 1.29 is 5.11 Å². The van der Waals surface area contributed by atoms with Crippen LogP contribution in [0.2, 0.25) is 0 Å². The Morgan fingerprint density at radius 2 is 1.85 bits per heavy atom. The third-order valence-corrected chi connectivity index (χ3v) is 2.84. The quantitative estimate of drug-likeness (QED) is 0.708.